The van der Waals surface area contributed by atoms with Gasteiger partial charge in [0.15, 0.2) is 0 Å². The fraction of sp³-hybridized carbons (Fsp3) is 0.381. The molecule has 3 nitrogen and oxygen atoms in total. The van der Waals surface area contributed by atoms with Crippen molar-refractivity contribution in [1.82, 2.24) is 10.2 Å². The van der Waals surface area contributed by atoms with E-state index < -0.39 is 0 Å². The van der Waals surface area contributed by atoms with Crippen molar-refractivity contribution >= 4 is 29.1 Å². The predicted octanol–water partition coefficient (Wildman–Crippen LogP) is 4.95. The van der Waals surface area contributed by atoms with Crippen molar-refractivity contribution in [2.24, 2.45) is 0 Å². The second kappa shape index (κ2) is 9.40. The first-order valence-electron chi connectivity index (χ1n) is 9.15. The molecule has 0 radical (unpaired) electrons. The number of hydrogen-bond acceptors (Lipinski definition) is 2. The highest BCUT2D eigenvalue weighted by molar-refractivity contribution is 6.42. The Bertz CT molecular complexity index is 740. The first kappa shape index (κ1) is 19.2. The highest BCUT2D eigenvalue weighted by atomic mass is 35.5. The Morgan fingerprint density at radius 3 is 2.31 bits per heavy atom. The fourth-order valence-corrected chi connectivity index (χ4v) is 3.58. The van der Waals surface area contributed by atoms with Crippen molar-refractivity contribution in [2.75, 3.05) is 19.6 Å². The zero-order chi connectivity index (χ0) is 18.4. The van der Waals surface area contributed by atoms with Crippen molar-refractivity contribution < 1.29 is 4.79 Å². The lowest BCUT2D eigenvalue weighted by molar-refractivity contribution is 0.0954. The molecule has 1 aliphatic heterocycles. The van der Waals surface area contributed by atoms with Crippen LogP contribution in [0.25, 0.3) is 0 Å². The van der Waals surface area contributed by atoms with E-state index in [-0.39, 0.29) is 5.91 Å². The first-order valence-corrected chi connectivity index (χ1v) is 9.91. The molecule has 3 rings (SSSR count). The zero-order valence-corrected chi connectivity index (χ0v) is 16.3. The Kier molecular flexibility index (Phi) is 6.95. The Morgan fingerprint density at radius 1 is 0.923 bits per heavy atom. The van der Waals surface area contributed by atoms with Gasteiger partial charge in [0, 0.05) is 18.7 Å². The maximum atomic E-state index is 12.3. The molecule has 138 valence electrons. The van der Waals surface area contributed by atoms with E-state index in [9.17, 15) is 4.79 Å². The van der Waals surface area contributed by atoms with Crippen LogP contribution in [0.5, 0.6) is 0 Å². The summed E-state index contributed by atoms with van der Waals surface area (Å²) in [6.07, 6.45) is 4.64. The number of halogens is 2. The van der Waals surface area contributed by atoms with Crippen molar-refractivity contribution in [1.29, 1.82) is 0 Å². The fourth-order valence-electron chi connectivity index (χ4n) is 3.25. The number of carbonyl (C=O) groups is 1. The molecule has 0 aromatic heterocycles. The summed E-state index contributed by atoms with van der Waals surface area (Å²) in [5.74, 6) is -0.0467. The van der Waals surface area contributed by atoms with Gasteiger partial charge in [0.1, 0.15) is 0 Å². The Labute approximate surface area is 165 Å². The quantitative estimate of drug-likeness (QED) is 0.756. The number of nitrogens with one attached hydrogen (secondary N) is 1. The molecule has 1 N–H and O–H groups in total. The minimum atomic E-state index is -0.0467. The summed E-state index contributed by atoms with van der Waals surface area (Å²) in [4.78, 5) is 14.8. The summed E-state index contributed by atoms with van der Waals surface area (Å²) in [7, 11) is 0. The van der Waals surface area contributed by atoms with Crippen LogP contribution in [0, 0.1) is 0 Å². The van der Waals surface area contributed by atoms with Crippen molar-refractivity contribution in [2.45, 2.75) is 32.2 Å². The third kappa shape index (κ3) is 5.47. The SMILES string of the molecule is O=C(NCCc1ccc(Cl)c(Cl)c1)c1ccc(CN2CCCCC2)cc1. The van der Waals surface area contributed by atoms with Crippen LogP contribution in [0.3, 0.4) is 0 Å². The molecule has 5 heteroatoms. The molecule has 0 bridgehead atoms. The van der Waals surface area contributed by atoms with Gasteiger partial charge in [-0.1, -0.05) is 47.8 Å². The number of likely N-dealkylation sites (tertiary alicyclic amines) is 1. The molecule has 0 atom stereocenters. The standard InChI is InChI=1S/C21H24Cl2N2O/c22-19-9-6-16(14-20(19)23)10-11-24-21(26)18-7-4-17(5-8-18)15-25-12-2-1-3-13-25/h4-9,14H,1-3,10-13,15H2,(H,24,26). The largest absolute Gasteiger partial charge is 0.352 e. The van der Waals surface area contributed by atoms with Crippen LogP contribution in [0.4, 0.5) is 0 Å². The first-order chi connectivity index (χ1) is 12.6. The summed E-state index contributed by atoms with van der Waals surface area (Å²) >= 11 is 11.9. The van der Waals surface area contributed by atoms with Crippen LogP contribution in [0.1, 0.15) is 40.7 Å². The molecule has 0 unspecified atom stereocenters. The molecule has 0 spiro atoms. The molecule has 0 saturated carbocycles. The monoisotopic (exact) mass is 390 g/mol. The van der Waals surface area contributed by atoms with Crippen molar-refractivity contribution in [3.05, 3.63) is 69.2 Å². The van der Waals surface area contributed by atoms with E-state index in [0.29, 0.717) is 22.2 Å². The molecule has 1 amide bonds. The van der Waals surface area contributed by atoms with Gasteiger partial charge in [-0.2, -0.15) is 0 Å². The van der Waals surface area contributed by atoms with Gasteiger partial charge in [0.2, 0.25) is 0 Å². The topological polar surface area (TPSA) is 32.3 Å². The lowest BCUT2D eigenvalue weighted by Gasteiger charge is -2.26. The molecular formula is C21H24Cl2N2O. The van der Waals surface area contributed by atoms with Gasteiger partial charge in [0.05, 0.1) is 10.0 Å². The lowest BCUT2D eigenvalue weighted by Crippen LogP contribution is -2.29. The summed E-state index contributed by atoms with van der Waals surface area (Å²) in [5.41, 5.74) is 3.01. The van der Waals surface area contributed by atoms with E-state index >= 15 is 0 Å². The number of carbonyl (C=O) groups excluding carboxylic acids is 1. The van der Waals surface area contributed by atoms with Crippen molar-refractivity contribution in [3.63, 3.8) is 0 Å². The second-order valence-electron chi connectivity index (χ2n) is 6.79. The summed E-state index contributed by atoms with van der Waals surface area (Å²) in [6, 6.07) is 13.5. The van der Waals surface area contributed by atoms with E-state index in [1.54, 1.807) is 6.07 Å². The van der Waals surface area contributed by atoms with Crippen LogP contribution in [0.15, 0.2) is 42.5 Å². The zero-order valence-electron chi connectivity index (χ0n) is 14.8. The average molecular weight is 391 g/mol. The normalized spacial score (nSPS) is 15.0. The van der Waals surface area contributed by atoms with Crippen LogP contribution >= 0.6 is 23.2 Å². The van der Waals surface area contributed by atoms with E-state index in [4.69, 9.17) is 23.2 Å². The number of rotatable bonds is 6. The van der Waals surface area contributed by atoms with Gasteiger partial charge in [-0.05, 0) is 67.7 Å². The predicted molar refractivity (Wildman–Crippen MR) is 108 cm³/mol. The second-order valence-corrected chi connectivity index (χ2v) is 7.60. The third-order valence-electron chi connectivity index (χ3n) is 4.75. The molecular weight excluding hydrogens is 367 g/mol. The molecule has 2 aromatic carbocycles. The van der Waals surface area contributed by atoms with Gasteiger partial charge in [-0.25, -0.2) is 0 Å². The van der Waals surface area contributed by atoms with Crippen LogP contribution < -0.4 is 5.32 Å². The Balaban J connectivity index is 1.47. The Morgan fingerprint density at radius 2 is 1.62 bits per heavy atom. The van der Waals surface area contributed by atoms with Gasteiger partial charge in [-0.3, -0.25) is 9.69 Å². The highest BCUT2D eigenvalue weighted by Gasteiger charge is 2.11. The molecule has 26 heavy (non-hydrogen) atoms. The summed E-state index contributed by atoms with van der Waals surface area (Å²) in [6.45, 7) is 3.89. The third-order valence-corrected chi connectivity index (χ3v) is 5.49. The van der Waals surface area contributed by atoms with Crippen molar-refractivity contribution in [3.8, 4) is 0 Å². The minimum Gasteiger partial charge on any atom is -0.352 e. The molecule has 1 aliphatic rings. The number of hydrogen-bond donors (Lipinski definition) is 1. The maximum absolute atomic E-state index is 12.3. The van der Waals surface area contributed by atoms with E-state index in [1.165, 1.54) is 37.9 Å². The highest BCUT2D eigenvalue weighted by Crippen LogP contribution is 2.22. The van der Waals surface area contributed by atoms with E-state index in [0.717, 1.165) is 18.5 Å². The Hall–Kier alpha value is -1.55. The van der Waals surface area contributed by atoms with Gasteiger partial charge < -0.3 is 5.32 Å². The molecule has 1 saturated heterocycles. The molecule has 1 heterocycles. The maximum Gasteiger partial charge on any atom is 0.251 e. The number of nitrogens with zero attached hydrogens (tertiary/aromatic N) is 1. The number of benzene rings is 2. The van der Waals surface area contributed by atoms with E-state index in [2.05, 4.69) is 22.3 Å². The van der Waals surface area contributed by atoms with E-state index in [1.807, 2.05) is 24.3 Å². The van der Waals surface area contributed by atoms with Crippen LogP contribution in [0.2, 0.25) is 10.0 Å². The van der Waals surface area contributed by atoms with Gasteiger partial charge >= 0.3 is 0 Å². The number of amides is 1. The van der Waals surface area contributed by atoms with Gasteiger partial charge in [-0.15, -0.1) is 0 Å². The lowest BCUT2D eigenvalue weighted by atomic mass is 10.1. The molecule has 2 aromatic rings. The summed E-state index contributed by atoms with van der Waals surface area (Å²) in [5, 5.41) is 4.04. The van der Waals surface area contributed by atoms with Gasteiger partial charge in [0.25, 0.3) is 5.91 Å². The summed E-state index contributed by atoms with van der Waals surface area (Å²) < 4.78 is 0. The average Bonchev–Trinajstić information content (AvgIpc) is 2.66. The van der Waals surface area contributed by atoms with Crippen LogP contribution in [-0.2, 0) is 13.0 Å². The smallest absolute Gasteiger partial charge is 0.251 e. The van der Waals surface area contributed by atoms with Crippen LogP contribution in [-0.4, -0.2) is 30.4 Å². The number of piperidine rings is 1. The minimum absolute atomic E-state index is 0.0467. The molecule has 1 fully saturated rings. The molecule has 0 aliphatic carbocycles.